The first-order valence-electron chi connectivity index (χ1n) is 3.95. The highest BCUT2D eigenvalue weighted by Gasteiger charge is 2.13. The van der Waals surface area contributed by atoms with Crippen LogP contribution in [0.1, 0.15) is 0 Å². The zero-order valence-electron chi connectivity index (χ0n) is 6.86. The summed E-state index contributed by atoms with van der Waals surface area (Å²) in [5.41, 5.74) is 0. The fraction of sp³-hybridized carbons (Fsp3) is 0.111. The van der Waals surface area contributed by atoms with E-state index in [1.54, 1.807) is 0 Å². The molecule has 0 atom stereocenters. The van der Waals surface area contributed by atoms with Crippen molar-refractivity contribution >= 4 is 38.9 Å². The third-order valence-corrected chi connectivity index (χ3v) is 4.05. The molecular weight excluding hydrogens is 183 g/mol. The molecule has 0 N–H and O–H groups in total. The SMILES string of the molecule is CB(c1cccs1)c1cccs1. The summed E-state index contributed by atoms with van der Waals surface area (Å²) >= 11 is 3.67. The molecule has 2 aromatic rings. The number of thiophene rings is 2. The molecule has 0 radical (unpaired) electrons. The molecule has 0 nitrogen and oxygen atoms in total. The maximum absolute atomic E-state index is 2.26. The Morgan fingerprint density at radius 3 is 1.83 bits per heavy atom. The van der Waals surface area contributed by atoms with Gasteiger partial charge in [-0.1, -0.05) is 31.1 Å². The zero-order chi connectivity index (χ0) is 8.39. The molecule has 0 aliphatic rings. The Hall–Kier alpha value is -0.535. The lowest BCUT2D eigenvalue weighted by molar-refractivity contribution is 2.00. The van der Waals surface area contributed by atoms with E-state index in [-0.39, 0.29) is 0 Å². The number of rotatable bonds is 2. The van der Waals surface area contributed by atoms with Crippen LogP contribution in [-0.4, -0.2) is 6.71 Å². The van der Waals surface area contributed by atoms with E-state index in [0.717, 1.165) is 0 Å². The average Bonchev–Trinajstić information content (AvgIpc) is 2.77. The lowest BCUT2D eigenvalue weighted by atomic mass is 9.50. The van der Waals surface area contributed by atoms with Gasteiger partial charge in [-0.3, -0.25) is 0 Å². The summed E-state index contributed by atoms with van der Waals surface area (Å²) in [4.78, 5) is 0. The molecule has 60 valence electrons. The van der Waals surface area contributed by atoms with E-state index >= 15 is 0 Å². The van der Waals surface area contributed by atoms with Crippen molar-refractivity contribution in [1.29, 1.82) is 0 Å². The average molecular weight is 192 g/mol. The number of hydrogen-bond acceptors (Lipinski definition) is 2. The molecular formula is C9H9BS2. The Bertz CT molecular complexity index is 289. The van der Waals surface area contributed by atoms with Gasteiger partial charge in [-0.2, -0.15) is 22.7 Å². The Kier molecular flexibility index (Phi) is 2.33. The Balaban J connectivity index is 2.27. The van der Waals surface area contributed by atoms with Crippen molar-refractivity contribution in [3.05, 3.63) is 35.0 Å². The van der Waals surface area contributed by atoms with Crippen molar-refractivity contribution in [2.75, 3.05) is 0 Å². The summed E-state index contributed by atoms with van der Waals surface area (Å²) in [6.07, 6.45) is 0. The van der Waals surface area contributed by atoms with Gasteiger partial charge in [0.2, 0.25) is 6.71 Å². The van der Waals surface area contributed by atoms with Crippen molar-refractivity contribution in [3.8, 4) is 0 Å². The molecule has 12 heavy (non-hydrogen) atoms. The van der Waals surface area contributed by atoms with Crippen LogP contribution in [0.25, 0.3) is 0 Å². The maximum atomic E-state index is 2.26. The Morgan fingerprint density at radius 1 is 1.00 bits per heavy atom. The van der Waals surface area contributed by atoms with Gasteiger partial charge in [0.25, 0.3) is 0 Å². The van der Waals surface area contributed by atoms with E-state index in [1.807, 2.05) is 22.7 Å². The Morgan fingerprint density at radius 2 is 1.50 bits per heavy atom. The molecule has 0 spiro atoms. The summed E-state index contributed by atoms with van der Waals surface area (Å²) in [5, 5.41) is 4.28. The first-order valence-corrected chi connectivity index (χ1v) is 5.70. The monoisotopic (exact) mass is 192 g/mol. The molecule has 0 amide bonds. The molecule has 2 heterocycles. The highest BCUT2D eigenvalue weighted by atomic mass is 32.1. The second-order valence-corrected chi connectivity index (χ2v) is 4.71. The van der Waals surface area contributed by atoms with Crippen molar-refractivity contribution in [2.24, 2.45) is 0 Å². The van der Waals surface area contributed by atoms with Gasteiger partial charge in [-0.05, 0) is 20.3 Å². The smallest absolute Gasteiger partial charge is 0.158 e. The quantitative estimate of drug-likeness (QED) is 0.639. The van der Waals surface area contributed by atoms with E-state index < -0.39 is 0 Å². The summed E-state index contributed by atoms with van der Waals surface area (Å²) in [6.45, 7) is 2.84. The second-order valence-electron chi connectivity index (χ2n) is 2.75. The van der Waals surface area contributed by atoms with Gasteiger partial charge in [0, 0.05) is 0 Å². The molecule has 0 fully saturated rings. The van der Waals surface area contributed by atoms with Crippen LogP contribution in [0.15, 0.2) is 35.0 Å². The summed E-state index contributed by atoms with van der Waals surface area (Å²) in [7, 11) is 0. The van der Waals surface area contributed by atoms with Crippen LogP contribution in [0.4, 0.5) is 0 Å². The van der Waals surface area contributed by atoms with E-state index in [9.17, 15) is 0 Å². The topological polar surface area (TPSA) is 0 Å². The van der Waals surface area contributed by atoms with Crippen molar-refractivity contribution in [3.63, 3.8) is 0 Å². The fourth-order valence-electron chi connectivity index (χ4n) is 1.22. The third kappa shape index (κ3) is 1.47. The van der Waals surface area contributed by atoms with Crippen molar-refractivity contribution in [1.82, 2.24) is 0 Å². The lowest BCUT2D eigenvalue weighted by Gasteiger charge is -2.00. The van der Waals surface area contributed by atoms with Crippen molar-refractivity contribution < 1.29 is 0 Å². The van der Waals surface area contributed by atoms with Crippen molar-refractivity contribution in [2.45, 2.75) is 6.82 Å². The first kappa shape index (κ1) is 8.08. The normalized spacial score (nSPS) is 10.1. The molecule has 0 saturated carbocycles. The predicted octanol–water partition coefficient (Wildman–Crippen LogP) is 2.05. The largest absolute Gasteiger partial charge is 0.232 e. The fourth-order valence-corrected chi connectivity index (χ4v) is 2.90. The number of hydrogen-bond donors (Lipinski definition) is 0. The lowest BCUT2D eigenvalue weighted by Crippen LogP contribution is -2.34. The maximum Gasteiger partial charge on any atom is 0.232 e. The molecule has 2 aromatic heterocycles. The van der Waals surface area contributed by atoms with Crippen LogP contribution in [-0.2, 0) is 0 Å². The summed E-state index contributed by atoms with van der Waals surface area (Å²) in [6, 6.07) is 8.64. The van der Waals surface area contributed by atoms with Gasteiger partial charge in [0.1, 0.15) is 0 Å². The summed E-state index contributed by atoms with van der Waals surface area (Å²) < 4.78 is 2.91. The second kappa shape index (κ2) is 3.46. The molecule has 2 rings (SSSR count). The molecule has 0 aromatic carbocycles. The molecule has 0 aliphatic heterocycles. The van der Waals surface area contributed by atoms with E-state index in [0.29, 0.717) is 6.71 Å². The molecule has 0 bridgehead atoms. The van der Waals surface area contributed by atoms with Gasteiger partial charge in [0.05, 0.1) is 0 Å². The Labute approximate surface area is 81.0 Å². The zero-order valence-corrected chi connectivity index (χ0v) is 8.49. The third-order valence-electron chi connectivity index (χ3n) is 1.94. The minimum atomic E-state index is 0.574. The highest BCUT2D eigenvalue weighted by molar-refractivity contribution is 7.30. The van der Waals surface area contributed by atoms with Gasteiger partial charge >= 0.3 is 0 Å². The van der Waals surface area contributed by atoms with E-state index in [4.69, 9.17) is 0 Å². The van der Waals surface area contributed by atoms with E-state index in [2.05, 4.69) is 41.8 Å². The standard InChI is InChI=1S/C9H9BS2/c1-10(8-4-2-6-11-8)9-5-3-7-12-9/h2-7H,1H3. The summed E-state index contributed by atoms with van der Waals surface area (Å²) in [5.74, 6) is 0. The van der Waals surface area contributed by atoms with E-state index in [1.165, 1.54) is 9.55 Å². The van der Waals surface area contributed by atoms with Gasteiger partial charge in [0.15, 0.2) is 0 Å². The van der Waals surface area contributed by atoms with Crippen LogP contribution in [0, 0.1) is 0 Å². The first-order chi connectivity index (χ1) is 5.88. The molecule has 0 aliphatic carbocycles. The van der Waals surface area contributed by atoms with Gasteiger partial charge < -0.3 is 0 Å². The van der Waals surface area contributed by atoms with Gasteiger partial charge in [-0.15, -0.1) is 0 Å². The minimum Gasteiger partial charge on any atom is -0.158 e. The van der Waals surface area contributed by atoms with Crippen LogP contribution in [0.2, 0.25) is 6.82 Å². The molecule has 0 saturated heterocycles. The highest BCUT2D eigenvalue weighted by Crippen LogP contribution is 2.01. The van der Waals surface area contributed by atoms with Crippen LogP contribution in [0.3, 0.4) is 0 Å². The van der Waals surface area contributed by atoms with Crippen LogP contribution >= 0.6 is 22.7 Å². The van der Waals surface area contributed by atoms with Gasteiger partial charge in [-0.25, -0.2) is 0 Å². The predicted molar refractivity (Wildman–Crippen MR) is 59.5 cm³/mol. The van der Waals surface area contributed by atoms with Crippen LogP contribution in [0.5, 0.6) is 0 Å². The minimum absolute atomic E-state index is 0.574. The molecule has 0 unspecified atom stereocenters. The van der Waals surface area contributed by atoms with Crippen LogP contribution < -0.4 is 9.55 Å². The molecule has 3 heteroatoms.